The monoisotopic (exact) mass is 459 g/mol. The molecule has 0 aliphatic carbocycles. The van der Waals surface area contributed by atoms with Crippen molar-refractivity contribution in [3.8, 4) is 5.69 Å². The van der Waals surface area contributed by atoms with Crippen molar-refractivity contribution in [2.24, 2.45) is 7.05 Å². The smallest absolute Gasteiger partial charge is 0.258 e. The van der Waals surface area contributed by atoms with Crippen molar-refractivity contribution in [2.45, 2.75) is 16.7 Å². The second kappa shape index (κ2) is 7.71. The normalized spacial score (nSPS) is 12.2. The standard InChI is InChI=1S/C17H12Cl3N3O4S/c1-8-3-4-9(18)5-13(8)28(27)14-11(19)6-10(7-12(14)20)23-16(25)21-15(24)22(2)17(23)26/h3-7H,1-2H3,(H,21,24,25). The first-order valence-corrected chi connectivity index (χ1v) is 10.00. The van der Waals surface area contributed by atoms with Gasteiger partial charge in [0.15, 0.2) is 0 Å². The van der Waals surface area contributed by atoms with Crippen LogP contribution in [-0.2, 0) is 17.8 Å². The van der Waals surface area contributed by atoms with E-state index in [1.54, 1.807) is 25.1 Å². The predicted molar refractivity (Wildman–Crippen MR) is 109 cm³/mol. The SMILES string of the molecule is Cc1ccc(Cl)cc1S(=O)c1c(Cl)cc(-n2c(=O)[nH]c(=O)n(C)c2=O)cc1Cl. The second-order valence-corrected chi connectivity index (χ2v) is 8.47. The van der Waals surface area contributed by atoms with Gasteiger partial charge in [0.1, 0.15) is 0 Å². The molecule has 0 saturated carbocycles. The Hall–Kier alpha value is -2.13. The third kappa shape index (κ3) is 3.60. The zero-order valence-corrected chi connectivity index (χ0v) is 17.5. The fourth-order valence-corrected chi connectivity index (χ4v) is 4.94. The first-order chi connectivity index (χ1) is 13.1. The lowest BCUT2D eigenvalue weighted by Gasteiger charge is -2.13. The summed E-state index contributed by atoms with van der Waals surface area (Å²) in [5, 5.41) is 0.377. The van der Waals surface area contributed by atoms with Crippen molar-refractivity contribution in [3.05, 3.63) is 82.4 Å². The Bertz CT molecular complexity index is 1290. The lowest BCUT2D eigenvalue weighted by Crippen LogP contribution is -2.47. The average Bonchev–Trinajstić information content (AvgIpc) is 2.61. The summed E-state index contributed by atoms with van der Waals surface area (Å²) in [6, 6.07) is 7.50. The lowest BCUT2D eigenvalue weighted by molar-refractivity contribution is 0.660. The highest BCUT2D eigenvalue weighted by molar-refractivity contribution is 7.85. The van der Waals surface area contributed by atoms with Crippen LogP contribution in [0.25, 0.3) is 5.69 Å². The van der Waals surface area contributed by atoms with Gasteiger partial charge in [0.25, 0.3) is 0 Å². The average molecular weight is 461 g/mol. The number of H-pyrrole nitrogens is 1. The number of halogens is 3. The van der Waals surface area contributed by atoms with Gasteiger partial charge in [0.05, 0.1) is 31.4 Å². The first-order valence-electron chi connectivity index (χ1n) is 7.71. The fraction of sp³-hybridized carbons (Fsp3) is 0.118. The van der Waals surface area contributed by atoms with Crippen LogP contribution in [-0.4, -0.2) is 18.3 Å². The minimum absolute atomic E-state index is 0.0136. The molecule has 28 heavy (non-hydrogen) atoms. The Morgan fingerprint density at radius 3 is 2.18 bits per heavy atom. The van der Waals surface area contributed by atoms with E-state index in [4.69, 9.17) is 34.8 Å². The van der Waals surface area contributed by atoms with Crippen LogP contribution >= 0.6 is 34.8 Å². The molecule has 0 saturated heterocycles. The zero-order chi connectivity index (χ0) is 20.7. The maximum atomic E-state index is 13.0. The summed E-state index contributed by atoms with van der Waals surface area (Å²) in [7, 11) is -0.538. The molecule has 3 aromatic rings. The highest BCUT2D eigenvalue weighted by Gasteiger charge is 2.20. The molecule has 7 nitrogen and oxygen atoms in total. The number of nitrogens with one attached hydrogen (secondary N) is 1. The molecular weight excluding hydrogens is 449 g/mol. The summed E-state index contributed by atoms with van der Waals surface area (Å²) in [6.45, 7) is 1.77. The van der Waals surface area contributed by atoms with Gasteiger partial charge in [-0.25, -0.2) is 27.7 Å². The predicted octanol–water partition coefficient (Wildman–Crippen LogP) is 2.66. The van der Waals surface area contributed by atoms with Gasteiger partial charge in [-0.15, -0.1) is 0 Å². The maximum Gasteiger partial charge on any atom is 0.340 e. The summed E-state index contributed by atoms with van der Waals surface area (Å²) in [5.41, 5.74) is -1.91. The number of aromatic nitrogens is 3. The molecule has 2 aromatic carbocycles. The van der Waals surface area contributed by atoms with Crippen molar-refractivity contribution in [2.75, 3.05) is 0 Å². The number of aromatic amines is 1. The van der Waals surface area contributed by atoms with E-state index in [-0.39, 0.29) is 20.6 Å². The van der Waals surface area contributed by atoms with Gasteiger partial charge in [0, 0.05) is 17.0 Å². The lowest BCUT2D eigenvalue weighted by atomic mass is 10.2. The van der Waals surface area contributed by atoms with Crippen molar-refractivity contribution in [1.82, 2.24) is 14.1 Å². The molecule has 0 bridgehead atoms. The number of hydrogen-bond donors (Lipinski definition) is 1. The summed E-state index contributed by atoms with van der Waals surface area (Å²) < 4.78 is 14.5. The number of benzene rings is 2. The van der Waals surface area contributed by atoms with Gasteiger partial charge in [0.2, 0.25) is 0 Å². The minimum atomic E-state index is -1.75. The van der Waals surface area contributed by atoms with E-state index in [0.717, 1.165) is 10.1 Å². The first kappa shape index (κ1) is 20.6. The molecule has 0 fully saturated rings. The van der Waals surface area contributed by atoms with Crippen molar-refractivity contribution < 1.29 is 4.21 Å². The summed E-state index contributed by atoms with van der Waals surface area (Å²) >= 11 is 18.6. The number of hydrogen-bond acceptors (Lipinski definition) is 4. The molecule has 0 radical (unpaired) electrons. The molecule has 1 atom stereocenters. The van der Waals surface area contributed by atoms with Crippen LogP contribution in [0.15, 0.2) is 54.5 Å². The van der Waals surface area contributed by atoms with Crippen LogP contribution in [0.1, 0.15) is 5.56 Å². The van der Waals surface area contributed by atoms with E-state index in [2.05, 4.69) is 0 Å². The minimum Gasteiger partial charge on any atom is -0.258 e. The third-order valence-electron chi connectivity index (χ3n) is 3.98. The largest absolute Gasteiger partial charge is 0.340 e. The highest BCUT2D eigenvalue weighted by atomic mass is 35.5. The maximum absolute atomic E-state index is 13.0. The van der Waals surface area contributed by atoms with E-state index < -0.39 is 27.9 Å². The van der Waals surface area contributed by atoms with Crippen LogP contribution in [0.5, 0.6) is 0 Å². The Labute approximate surface area is 175 Å². The quantitative estimate of drug-likeness (QED) is 0.650. The Balaban J connectivity index is 2.21. The Morgan fingerprint density at radius 2 is 1.57 bits per heavy atom. The van der Waals surface area contributed by atoms with E-state index in [1.165, 1.54) is 19.2 Å². The van der Waals surface area contributed by atoms with Crippen LogP contribution < -0.4 is 17.1 Å². The van der Waals surface area contributed by atoms with Gasteiger partial charge in [-0.3, -0.25) is 4.98 Å². The van der Waals surface area contributed by atoms with Gasteiger partial charge in [-0.2, -0.15) is 0 Å². The molecule has 0 amide bonds. The van der Waals surface area contributed by atoms with Crippen LogP contribution in [0.4, 0.5) is 0 Å². The van der Waals surface area contributed by atoms with E-state index in [1.807, 2.05) is 4.98 Å². The van der Waals surface area contributed by atoms with Crippen molar-refractivity contribution in [3.63, 3.8) is 0 Å². The fourth-order valence-electron chi connectivity index (χ4n) is 2.52. The molecule has 11 heteroatoms. The topological polar surface area (TPSA) is 93.9 Å². The van der Waals surface area contributed by atoms with Crippen molar-refractivity contribution >= 4 is 45.6 Å². The van der Waals surface area contributed by atoms with E-state index >= 15 is 0 Å². The van der Waals surface area contributed by atoms with Gasteiger partial charge in [-0.05, 0) is 36.8 Å². The van der Waals surface area contributed by atoms with Crippen molar-refractivity contribution in [1.29, 1.82) is 0 Å². The Kier molecular flexibility index (Phi) is 5.67. The molecule has 1 unspecified atom stereocenters. The number of aryl methyl sites for hydroxylation is 1. The van der Waals surface area contributed by atoms with E-state index in [9.17, 15) is 18.6 Å². The molecule has 0 spiro atoms. The number of rotatable bonds is 3. The molecular formula is C17H12Cl3N3O4S. The Morgan fingerprint density at radius 1 is 0.964 bits per heavy atom. The summed E-state index contributed by atoms with van der Waals surface area (Å²) in [4.78, 5) is 38.5. The molecule has 1 N–H and O–H groups in total. The molecule has 1 heterocycles. The molecule has 0 aliphatic heterocycles. The summed E-state index contributed by atoms with van der Waals surface area (Å²) in [6.07, 6.45) is 0. The second-order valence-electron chi connectivity index (χ2n) is 5.83. The molecule has 1 aromatic heterocycles. The van der Waals surface area contributed by atoms with Crippen LogP contribution in [0.3, 0.4) is 0 Å². The highest BCUT2D eigenvalue weighted by Crippen LogP contribution is 2.34. The van der Waals surface area contributed by atoms with E-state index in [0.29, 0.717) is 14.5 Å². The molecule has 3 rings (SSSR count). The summed E-state index contributed by atoms with van der Waals surface area (Å²) in [5.74, 6) is 0. The zero-order valence-electron chi connectivity index (χ0n) is 14.5. The molecule has 146 valence electrons. The van der Waals surface area contributed by atoms with Crippen LogP contribution in [0.2, 0.25) is 15.1 Å². The van der Waals surface area contributed by atoms with Gasteiger partial charge < -0.3 is 0 Å². The van der Waals surface area contributed by atoms with Crippen LogP contribution in [0, 0.1) is 6.92 Å². The number of nitrogens with zero attached hydrogens (tertiary/aromatic N) is 2. The molecule has 0 aliphatic rings. The third-order valence-corrected chi connectivity index (χ3v) is 6.68. The van der Waals surface area contributed by atoms with Gasteiger partial charge in [-0.1, -0.05) is 40.9 Å². The van der Waals surface area contributed by atoms with Gasteiger partial charge >= 0.3 is 17.1 Å².